The van der Waals surface area contributed by atoms with Crippen molar-refractivity contribution in [1.82, 2.24) is 9.55 Å². The molecule has 3 heterocycles. The van der Waals surface area contributed by atoms with Gasteiger partial charge in [0.05, 0.1) is 20.6 Å². The molecule has 2 aliphatic rings. The molecule has 1 unspecified atom stereocenters. The van der Waals surface area contributed by atoms with Crippen LogP contribution in [0.5, 0.6) is 0 Å². The number of carbonyl (C=O) groups excluding carboxylic acids is 1. The van der Waals surface area contributed by atoms with E-state index in [1.165, 1.54) is 34.4 Å². The first-order chi connectivity index (χ1) is 15.6. The van der Waals surface area contributed by atoms with Crippen LogP contribution in [-0.2, 0) is 25.0 Å². The second kappa shape index (κ2) is 9.28. The van der Waals surface area contributed by atoms with E-state index in [0.29, 0.717) is 42.5 Å². The number of ether oxygens (including phenoxy) is 1. The maximum Gasteiger partial charge on any atom is 0.252 e. The zero-order valence-electron chi connectivity index (χ0n) is 18.7. The summed E-state index contributed by atoms with van der Waals surface area (Å²) in [7, 11) is -3.50. The molecular formula is C22H29N3O6S2. The van der Waals surface area contributed by atoms with Crippen molar-refractivity contribution >= 4 is 32.2 Å². The van der Waals surface area contributed by atoms with Gasteiger partial charge in [-0.1, -0.05) is 11.3 Å². The van der Waals surface area contributed by atoms with Gasteiger partial charge in [0.1, 0.15) is 6.04 Å². The Morgan fingerprint density at radius 1 is 1.33 bits per heavy atom. The Morgan fingerprint density at radius 3 is 2.61 bits per heavy atom. The molecule has 2 aromatic heterocycles. The van der Waals surface area contributed by atoms with Crippen molar-refractivity contribution in [3.63, 3.8) is 0 Å². The van der Waals surface area contributed by atoms with Crippen LogP contribution in [0.3, 0.4) is 0 Å². The van der Waals surface area contributed by atoms with Crippen molar-refractivity contribution in [1.29, 1.82) is 0 Å². The van der Waals surface area contributed by atoms with Gasteiger partial charge in [0.15, 0.2) is 15.0 Å². The molecule has 0 spiro atoms. The predicted octanol–water partition coefficient (Wildman–Crippen LogP) is 2.46. The molecule has 2 aromatic rings. The van der Waals surface area contributed by atoms with E-state index < -0.39 is 38.2 Å². The summed E-state index contributed by atoms with van der Waals surface area (Å²) in [6.45, 7) is 4.48. The van der Waals surface area contributed by atoms with Crippen molar-refractivity contribution < 1.29 is 23.1 Å². The summed E-state index contributed by atoms with van der Waals surface area (Å²) >= 11 is 1.17. The number of pyridine rings is 1. The molecule has 2 fully saturated rings. The minimum Gasteiger partial charge on any atom is -0.385 e. The number of hydrogen-bond donors (Lipinski definition) is 2. The normalized spacial score (nSPS) is 18.8. The van der Waals surface area contributed by atoms with E-state index in [2.05, 4.69) is 10.3 Å². The average Bonchev–Trinajstić information content (AvgIpc) is 3.52. The molecule has 1 atom stereocenters. The second-order valence-corrected chi connectivity index (χ2v) is 12.5. The first kappa shape index (κ1) is 24.1. The Balaban J connectivity index is 1.61. The molecule has 1 saturated heterocycles. The molecule has 0 radical (unpaired) electrons. The molecule has 0 aromatic carbocycles. The van der Waals surface area contributed by atoms with Crippen LogP contribution in [0.25, 0.3) is 0 Å². The van der Waals surface area contributed by atoms with Crippen LogP contribution in [0.4, 0.5) is 5.13 Å². The van der Waals surface area contributed by atoms with Gasteiger partial charge in [0.25, 0.3) is 5.56 Å². The van der Waals surface area contributed by atoms with Gasteiger partial charge in [0.2, 0.25) is 5.91 Å². The second-order valence-electron chi connectivity index (χ2n) is 9.24. The Kier molecular flexibility index (Phi) is 6.77. The minimum atomic E-state index is -3.50. The Hall–Kier alpha value is -2.08. The predicted molar refractivity (Wildman–Crippen MR) is 124 cm³/mol. The number of hydrogen-bond acceptors (Lipinski definition) is 8. The first-order valence-electron chi connectivity index (χ1n) is 11.1. The van der Waals surface area contributed by atoms with Crippen LogP contribution in [-0.4, -0.2) is 47.4 Å². The zero-order chi connectivity index (χ0) is 23.8. The number of aliphatic hydroxyl groups is 1. The number of amides is 1. The molecule has 1 saturated carbocycles. The summed E-state index contributed by atoms with van der Waals surface area (Å²) in [4.78, 5) is 31.0. The molecule has 11 heteroatoms. The highest BCUT2D eigenvalue weighted by Crippen LogP contribution is 2.34. The quantitative estimate of drug-likeness (QED) is 0.576. The minimum absolute atomic E-state index is 0.00576. The summed E-state index contributed by atoms with van der Waals surface area (Å²) in [5.74, 6) is -0.211. The lowest BCUT2D eigenvalue weighted by Crippen LogP contribution is -2.35. The molecule has 9 nitrogen and oxygen atoms in total. The number of thiazole rings is 1. The SMILES string of the molecule is CC(C)(O)c1cnc(NC(=O)C(CC2CCOCC2)n2ccc(S(=O)(=O)C3CC3)cc2=O)s1. The van der Waals surface area contributed by atoms with Crippen LogP contribution in [0.15, 0.2) is 34.2 Å². The standard InChI is InChI=1S/C22H29N3O6S2/c1-22(2,28)18-13-23-21(32-18)24-20(27)17(11-14-6-9-31-10-7-14)25-8-5-16(12-19(25)26)33(29,30)15-3-4-15/h5,8,12-15,17,28H,3-4,6-7,9-11H2,1-2H3,(H,23,24,27). The molecule has 1 aliphatic carbocycles. The fraction of sp³-hybridized carbons (Fsp3) is 0.591. The largest absolute Gasteiger partial charge is 0.385 e. The highest BCUT2D eigenvalue weighted by Gasteiger charge is 2.37. The maximum atomic E-state index is 13.3. The molecule has 1 amide bonds. The van der Waals surface area contributed by atoms with Gasteiger partial charge in [-0.3, -0.25) is 9.59 Å². The molecular weight excluding hydrogens is 466 g/mol. The molecule has 2 N–H and O–H groups in total. The van der Waals surface area contributed by atoms with E-state index in [9.17, 15) is 23.1 Å². The monoisotopic (exact) mass is 495 g/mol. The molecule has 180 valence electrons. The van der Waals surface area contributed by atoms with E-state index in [1.807, 2.05) is 0 Å². The topological polar surface area (TPSA) is 128 Å². The first-order valence-corrected chi connectivity index (χ1v) is 13.5. The van der Waals surface area contributed by atoms with Gasteiger partial charge in [-0.2, -0.15) is 0 Å². The van der Waals surface area contributed by atoms with Crippen LogP contribution < -0.4 is 10.9 Å². The maximum absolute atomic E-state index is 13.3. The zero-order valence-corrected chi connectivity index (χ0v) is 20.3. The summed E-state index contributed by atoms with van der Waals surface area (Å²) in [5.41, 5.74) is -1.61. The van der Waals surface area contributed by atoms with E-state index in [0.717, 1.165) is 18.9 Å². The van der Waals surface area contributed by atoms with Crippen LogP contribution in [0.1, 0.15) is 56.9 Å². The third-order valence-electron chi connectivity index (χ3n) is 6.09. The van der Waals surface area contributed by atoms with Crippen molar-refractivity contribution in [2.45, 2.75) is 67.7 Å². The number of carbonyl (C=O) groups is 1. The third-order valence-corrected chi connectivity index (χ3v) is 9.57. The number of aromatic nitrogens is 2. The van der Waals surface area contributed by atoms with Gasteiger partial charge >= 0.3 is 0 Å². The van der Waals surface area contributed by atoms with E-state index in [4.69, 9.17) is 4.74 Å². The lowest BCUT2D eigenvalue weighted by atomic mass is 9.92. The van der Waals surface area contributed by atoms with Crippen molar-refractivity contribution in [3.8, 4) is 0 Å². The van der Waals surface area contributed by atoms with Crippen molar-refractivity contribution in [3.05, 3.63) is 39.8 Å². The summed E-state index contributed by atoms with van der Waals surface area (Å²) in [6.07, 6.45) is 6.14. The molecule has 0 bridgehead atoms. The highest BCUT2D eigenvalue weighted by atomic mass is 32.2. The van der Waals surface area contributed by atoms with E-state index >= 15 is 0 Å². The fourth-order valence-corrected chi connectivity index (χ4v) is 6.40. The summed E-state index contributed by atoms with van der Waals surface area (Å²) in [5, 5.41) is 12.8. The van der Waals surface area contributed by atoms with Crippen molar-refractivity contribution in [2.24, 2.45) is 5.92 Å². The Morgan fingerprint density at radius 2 is 2.03 bits per heavy atom. The van der Waals surface area contributed by atoms with Gasteiger partial charge in [0, 0.05) is 31.7 Å². The average molecular weight is 496 g/mol. The van der Waals surface area contributed by atoms with Gasteiger partial charge in [-0.05, 0) is 57.9 Å². The molecule has 4 rings (SSSR count). The lowest BCUT2D eigenvalue weighted by molar-refractivity contribution is -0.120. The fourth-order valence-electron chi connectivity index (χ4n) is 3.93. The summed E-state index contributed by atoms with van der Waals surface area (Å²) in [6, 6.07) is 1.70. The van der Waals surface area contributed by atoms with Gasteiger partial charge in [-0.25, -0.2) is 13.4 Å². The van der Waals surface area contributed by atoms with Crippen LogP contribution in [0.2, 0.25) is 0 Å². The van der Waals surface area contributed by atoms with Gasteiger partial charge < -0.3 is 19.7 Å². The smallest absolute Gasteiger partial charge is 0.252 e. The third kappa shape index (κ3) is 5.53. The molecule has 1 aliphatic heterocycles. The number of nitrogens with zero attached hydrogens (tertiary/aromatic N) is 2. The van der Waals surface area contributed by atoms with E-state index in [-0.39, 0.29) is 10.8 Å². The van der Waals surface area contributed by atoms with E-state index in [1.54, 1.807) is 13.8 Å². The lowest BCUT2D eigenvalue weighted by Gasteiger charge is -2.27. The number of sulfone groups is 1. The van der Waals surface area contributed by atoms with Crippen LogP contribution >= 0.6 is 11.3 Å². The Labute approximate surface area is 196 Å². The number of anilines is 1. The summed E-state index contributed by atoms with van der Waals surface area (Å²) < 4.78 is 31.8. The number of rotatable bonds is 8. The highest BCUT2D eigenvalue weighted by molar-refractivity contribution is 7.92. The van der Waals surface area contributed by atoms with Crippen molar-refractivity contribution in [2.75, 3.05) is 18.5 Å². The Bertz CT molecular complexity index is 1170. The number of nitrogens with one attached hydrogen (secondary N) is 1. The molecule has 33 heavy (non-hydrogen) atoms. The van der Waals surface area contributed by atoms with Crippen LogP contribution in [0, 0.1) is 5.92 Å². The van der Waals surface area contributed by atoms with Gasteiger partial charge in [-0.15, -0.1) is 0 Å².